The fourth-order valence-electron chi connectivity index (χ4n) is 6.38. The number of methoxy groups -OCH3 is 2. The van der Waals surface area contributed by atoms with Crippen molar-refractivity contribution in [1.29, 1.82) is 0 Å². The fraction of sp³-hybridized carbons (Fsp3) is 0.211. The summed E-state index contributed by atoms with van der Waals surface area (Å²) in [7, 11) is 3.29. The average Bonchev–Trinajstić information content (AvgIpc) is 3.79. The Morgan fingerprint density at radius 2 is 1.43 bits per heavy atom. The van der Waals surface area contributed by atoms with E-state index < -0.39 is 24.0 Å². The van der Waals surface area contributed by atoms with Crippen LogP contribution in [0.5, 0.6) is 11.5 Å². The number of nitrogens with zero attached hydrogens (tertiary/aromatic N) is 4. The van der Waals surface area contributed by atoms with Crippen molar-refractivity contribution in [3.63, 3.8) is 0 Å². The number of carbonyl (C=O) groups is 1. The second-order valence-electron chi connectivity index (χ2n) is 11.6. The Morgan fingerprint density at radius 1 is 0.837 bits per heavy atom. The Hall–Kier alpha value is -5.62. The lowest BCUT2D eigenvalue weighted by Crippen LogP contribution is -2.42. The molecule has 1 aliphatic rings. The van der Waals surface area contributed by atoms with Crippen LogP contribution in [0.15, 0.2) is 122 Å². The van der Waals surface area contributed by atoms with Gasteiger partial charge in [0.15, 0.2) is 17.0 Å². The fourth-order valence-corrected chi connectivity index (χ4v) is 6.38. The average molecular weight is 657 g/mol. The highest BCUT2D eigenvalue weighted by atomic mass is 16.6. The molecule has 49 heavy (non-hydrogen) atoms. The number of nitrogens with two attached hydrogens (primary N) is 1. The van der Waals surface area contributed by atoms with Gasteiger partial charge in [-0.05, 0) is 53.1 Å². The molecule has 1 fully saturated rings. The summed E-state index contributed by atoms with van der Waals surface area (Å²) in [5, 5.41) is 2.87. The normalized spacial score (nSPS) is 17.6. The van der Waals surface area contributed by atoms with Crippen molar-refractivity contribution in [2.75, 3.05) is 26.1 Å². The summed E-state index contributed by atoms with van der Waals surface area (Å²) in [6.45, 7) is 0.220. The highest BCUT2D eigenvalue weighted by Gasteiger charge is 2.46. The highest BCUT2D eigenvalue weighted by molar-refractivity contribution is 6.06. The van der Waals surface area contributed by atoms with Crippen LogP contribution in [-0.4, -0.2) is 58.4 Å². The molecule has 0 aliphatic carbocycles. The summed E-state index contributed by atoms with van der Waals surface area (Å²) in [4.78, 5) is 26.3. The topological polar surface area (TPSA) is 136 Å². The summed E-state index contributed by atoms with van der Waals surface area (Å²) in [6, 6.07) is 34.8. The van der Waals surface area contributed by atoms with Crippen LogP contribution < -0.4 is 20.5 Å². The second-order valence-corrected chi connectivity index (χ2v) is 11.6. The van der Waals surface area contributed by atoms with E-state index in [0.29, 0.717) is 29.0 Å². The summed E-state index contributed by atoms with van der Waals surface area (Å²) in [5.41, 5.74) is 9.52. The minimum Gasteiger partial charge on any atom is -0.497 e. The summed E-state index contributed by atoms with van der Waals surface area (Å²) < 4.78 is 26.8. The zero-order chi connectivity index (χ0) is 33.8. The van der Waals surface area contributed by atoms with Gasteiger partial charge in [-0.15, -0.1) is 0 Å². The van der Waals surface area contributed by atoms with Gasteiger partial charge in [-0.25, -0.2) is 15.0 Å². The van der Waals surface area contributed by atoms with Crippen LogP contribution in [0, 0.1) is 0 Å². The van der Waals surface area contributed by atoms with Crippen LogP contribution in [0.1, 0.15) is 39.7 Å². The van der Waals surface area contributed by atoms with E-state index in [-0.39, 0.29) is 12.5 Å². The first-order chi connectivity index (χ1) is 24.0. The molecular weight excluding hydrogens is 620 g/mol. The van der Waals surface area contributed by atoms with E-state index in [1.54, 1.807) is 44.8 Å². The largest absolute Gasteiger partial charge is 0.497 e. The van der Waals surface area contributed by atoms with Crippen LogP contribution in [0.3, 0.4) is 0 Å². The van der Waals surface area contributed by atoms with Crippen LogP contribution in [-0.2, 0) is 15.1 Å². The lowest BCUT2D eigenvalue weighted by molar-refractivity contribution is -0.0818. The standard InChI is InChI=1S/C38H36N6O5/c1-46-29-17-13-27(14-18-29)38(26-11-7-4-8-12-26,28-15-19-30(47-2)20-16-28)49-31-21-33(48-32(31)22-39)44-24-42-34-35(40-23-41-36(34)44)43-37(45)25-9-5-3-6-10-25/h3-20,23-24,31-33H,21-22,39H2,1-2H3,(H,40,41,43,45)/t31-,32+,33+/m0/s1. The van der Waals surface area contributed by atoms with E-state index in [1.807, 2.05) is 77.4 Å². The molecule has 3 heterocycles. The van der Waals surface area contributed by atoms with Gasteiger partial charge in [-0.1, -0.05) is 72.8 Å². The zero-order valence-corrected chi connectivity index (χ0v) is 27.1. The molecule has 4 aromatic carbocycles. The molecule has 11 nitrogen and oxygen atoms in total. The maximum atomic E-state index is 12.9. The van der Waals surface area contributed by atoms with E-state index in [4.69, 9.17) is 24.7 Å². The summed E-state index contributed by atoms with van der Waals surface area (Å²) in [5.74, 6) is 1.48. The Balaban J connectivity index is 1.26. The molecule has 7 rings (SSSR count). The first-order valence-corrected chi connectivity index (χ1v) is 16.0. The van der Waals surface area contributed by atoms with Gasteiger partial charge < -0.3 is 30.0 Å². The van der Waals surface area contributed by atoms with Gasteiger partial charge in [0.25, 0.3) is 5.91 Å². The van der Waals surface area contributed by atoms with Crippen molar-refractivity contribution < 1.29 is 23.7 Å². The first kappa shape index (κ1) is 32.0. The molecular formula is C38H36N6O5. The zero-order valence-electron chi connectivity index (χ0n) is 27.1. The Labute approximate surface area is 283 Å². The number of carbonyl (C=O) groups excluding carboxylic acids is 1. The highest BCUT2D eigenvalue weighted by Crippen LogP contribution is 2.46. The minimum absolute atomic E-state index is 0.220. The monoisotopic (exact) mass is 656 g/mol. The van der Waals surface area contributed by atoms with Gasteiger partial charge in [0.2, 0.25) is 0 Å². The molecule has 1 aliphatic heterocycles. The van der Waals surface area contributed by atoms with Crippen LogP contribution in [0.4, 0.5) is 5.82 Å². The van der Waals surface area contributed by atoms with E-state index in [0.717, 1.165) is 28.2 Å². The lowest BCUT2D eigenvalue weighted by Gasteiger charge is -2.39. The molecule has 1 amide bonds. The number of aromatic nitrogens is 4. The molecule has 0 saturated carbocycles. The molecule has 2 aromatic heterocycles. The van der Waals surface area contributed by atoms with E-state index in [2.05, 4.69) is 32.4 Å². The molecule has 3 atom stereocenters. The number of rotatable bonds is 11. The van der Waals surface area contributed by atoms with Crippen LogP contribution in [0.2, 0.25) is 0 Å². The van der Waals surface area contributed by atoms with E-state index in [1.165, 1.54) is 6.33 Å². The van der Waals surface area contributed by atoms with Gasteiger partial charge in [0.1, 0.15) is 29.7 Å². The number of hydrogen-bond donors (Lipinski definition) is 2. The smallest absolute Gasteiger partial charge is 0.256 e. The molecule has 0 spiro atoms. The van der Waals surface area contributed by atoms with Crippen LogP contribution >= 0.6 is 0 Å². The molecule has 6 aromatic rings. The van der Waals surface area contributed by atoms with E-state index >= 15 is 0 Å². The Bertz CT molecular complexity index is 1970. The van der Waals surface area contributed by atoms with E-state index in [9.17, 15) is 4.79 Å². The number of anilines is 1. The Morgan fingerprint density at radius 3 is 2.02 bits per heavy atom. The maximum Gasteiger partial charge on any atom is 0.256 e. The first-order valence-electron chi connectivity index (χ1n) is 16.0. The molecule has 11 heteroatoms. The Kier molecular flexibility index (Phi) is 9.03. The van der Waals surface area contributed by atoms with Crippen molar-refractivity contribution >= 4 is 22.9 Å². The number of hydrogen-bond acceptors (Lipinski definition) is 9. The third-order valence-corrected chi connectivity index (χ3v) is 8.85. The summed E-state index contributed by atoms with van der Waals surface area (Å²) >= 11 is 0. The van der Waals surface area contributed by atoms with Crippen molar-refractivity contribution in [3.8, 4) is 11.5 Å². The van der Waals surface area contributed by atoms with Gasteiger partial charge in [0.05, 0.1) is 32.8 Å². The molecule has 1 saturated heterocycles. The molecule has 0 unspecified atom stereocenters. The van der Waals surface area contributed by atoms with Gasteiger partial charge in [0, 0.05) is 18.5 Å². The molecule has 0 radical (unpaired) electrons. The SMILES string of the molecule is COc1ccc(C(O[C@H]2C[C@H](n3cnc4c(NC(=O)c5ccccc5)ncnc43)O[C@@H]2CN)(c2ccccc2)c2ccc(OC)cc2)cc1. The number of nitrogens with one attached hydrogen (secondary N) is 1. The van der Waals surface area contributed by atoms with Crippen LogP contribution in [0.25, 0.3) is 11.2 Å². The number of amides is 1. The number of fused-ring (bicyclic) bond motifs is 1. The number of ether oxygens (including phenoxy) is 4. The quantitative estimate of drug-likeness (QED) is 0.168. The van der Waals surface area contributed by atoms with Crippen molar-refractivity contribution in [3.05, 3.63) is 144 Å². The second kappa shape index (κ2) is 13.9. The molecule has 248 valence electrons. The van der Waals surface area contributed by atoms with Crippen molar-refractivity contribution in [2.24, 2.45) is 5.73 Å². The predicted molar refractivity (Wildman–Crippen MR) is 184 cm³/mol. The van der Waals surface area contributed by atoms with Crippen molar-refractivity contribution in [1.82, 2.24) is 19.5 Å². The number of imidazole rings is 1. The molecule has 3 N–H and O–H groups in total. The summed E-state index contributed by atoms with van der Waals surface area (Å²) in [6.07, 6.45) is 2.09. The van der Waals surface area contributed by atoms with Gasteiger partial charge >= 0.3 is 0 Å². The maximum absolute atomic E-state index is 12.9. The lowest BCUT2D eigenvalue weighted by atomic mass is 9.79. The predicted octanol–water partition coefficient (Wildman–Crippen LogP) is 5.72. The van der Waals surface area contributed by atoms with Gasteiger partial charge in [-0.2, -0.15) is 0 Å². The van der Waals surface area contributed by atoms with Gasteiger partial charge in [-0.3, -0.25) is 9.36 Å². The molecule has 0 bridgehead atoms. The number of benzene rings is 4. The third-order valence-electron chi connectivity index (χ3n) is 8.85. The minimum atomic E-state index is -1.05. The third kappa shape index (κ3) is 6.11. The van der Waals surface area contributed by atoms with Crippen molar-refractivity contribution in [2.45, 2.75) is 30.5 Å².